The fourth-order valence-corrected chi connectivity index (χ4v) is 4.47. The average molecular weight is 482 g/mol. The van der Waals surface area contributed by atoms with Crippen LogP contribution in [-0.2, 0) is 13.0 Å². The van der Waals surface area contributed by atoms with Gasteiger partial charge in [-0.25, -0.2) is 9.67 Å². The predicted octanol–water partition coefficient (Wildman–Crippen LogP) is 3.07. The summed E-state index contributed by atoms with van der Waals surface area (Å²) in [7, 11) is 2.18. The lowest BCUT2D eigenvalue weighted by atomic mass is 10.0. The molecule has 184 valence electrons. The highest BCUT2D eigenvalue weighted by atomic mass is 16.1. The molecule has 1 aliphatic heterocycles. The van der Waals surface area contributed by atoms with E-state index < -0.39 is 5.91 Å². The highest BCUT2D eigenvalue weighted by Gasteiger charge is 2.15. The fourth-order valence-electron chi connectivity index (χ4n) is 4.47. The molecule has 0 radical (unpaired) electrons. The molecule has 0 aliphatic carbocycles. The molecule has 2 aromatic heterocycles. The van der Waals surface area contributed by atoms with Crippen molar-refractivity contribution in [3.8, 4) is 16.8 Å². The van der Waals surface area contributed by atoms with Crippen molar-refractivity contribution in [1.82, 2.24) is 29.5 Å². The highest BCUT2D eigenvalue weighted by molar-refractivity contribution is 5.88. The minimum atomic E-state index is -0.630. The molecule has 1 fully saturated rings. The van der Waals surface area contributed by atoms with Gasteiger partial charge < -0.3 is 10.6 Å². The standard InChI is InChI=1S/C28H31N7O/c1-20-31-28(27(29)36)32-35(20)26-11-5-22(6-12-26)17-21-3-7-23(8-4-21)24-9-10-25(30-18-24)19-34-15-13-33(2)14-16-34/h3-12,18H,13-17,19H2,1-2H3,(H2,29,36). The van der Waals surface area contributed by atoms with Crippen molar-refractivity contribution in [2.75, 3.05) is 33.2 Å². The van der Waals surface area contributed by atoms with Crippen LogP contribution in [0.15, 0.2) is 66.9 Å². The lowest BCUT2D eigenvalue weighted by Crippen LogP contribution is -2.43. The molecule has 0 spiro atoms. The van der Waals surface area contributed by atoms with E-state index in [1.165, 1.54) is 16.7 Å². The quantitative estimate of drug-likeness (QED) is 0.436. The first-order chi connectivity index (χ1) is 17.4. The van der Waals surface area contributed by atoms with Gasteiger partial charge in [-0.1, -0.05) is 42.5 Å². The Labute approximate surface area is 211 Å². The van der Waals surface area contributed by atoms with Gasteiger partial charge in [0, 0.05) is 44.5 Å². The van der Waals surface area contributed by atoms with E-state index in [0.717, 1.165) is 56.1 Å². The first-order valence-electron chi connectivity index (χ1n) is 12.2. The molecule has 8 nitrogen and oxygen atoms in total. The van der Waals surface area contributed by atoms with Crippen molar-refractivity contribution in [3.05, 3.63) is 95.3 Å². The van der Waals surface area contributed by atoms with E-state index >= 15 is 0 Å². The lowest BCUT2D eigenvalue weighted by Gasteiger charge is -2.32. The van der Waals surface area contributed by atoms with Gasteiger partial charge in [-0.15, -0.1) is 5.10 Å². The summed E-state index contributed by atoms with van der Waals surface area (Å²) < 4.78 is 1.63. The van der Waals surface area contributed by atoms with E-state index in [2.05, 4.69) is 75.5 Å². The number of rotatable bonds is 7. The van der Waals surface area contributed by atoms with Crippen LogP contribution in [0.25, 0.3) is 16.8 Å². The largest absolute Gasteiger partial charge is 0.363 e. The Kier molecular flexibility index (Phi) is 6.88. The molecular formula is C28H31N7O. The predicted molar refractivity (Wildman–Crippen MR) is 140 cm³/mol. The Balaban J connectivity index is 1.20. The summed E-state index contributed by atoms with van der Waals surface area (Å²) in [6.07, 6.45) is 2.81. The van der Waals surface area contributed by atoms with E-state index in [1.54, 1.807) is 11.6 Å². The number of aromatic nitrogens is 4. The summed E-state index contributed by atoms with van der Waals surface area (Å²) in [6, 6.07) is 21.1. The summed E-state index contributed by atoms with van der Waals surface area (Å²) in [6.45, 7) is 7.14. The van der Waals surface area contributed by atoms with Crippen LogP contribution < -0.4 is 5.73 Å². The van der Waals surface area contributed by atoms with Crippen LogP contribution >= 0.6 is 0 Å². The van der Waals surface area contributed by atoms with Gasteiger partial charge in [0.15, 0.2) is 0 Å². The van der Waals surface area contributed by atoms with Gasteiger partial charge >= 0.3 is 0 Å². The van der Waals surface area contributed by atoms with Gasteiger partial charge in [-0.3, -0.25) is 14.7 Å². The van der Waals surface area contributed by atoms with Crippen LogP contribution in [0.1, 0.15) is 33.3 Å². The van der Waals surface area contributed by atoms with Gasteiger partial charge in [0.2, 0.25) is 5.82 Å². The first-order valence-corrected chi connectivity index (χ1v) is 12.2. The summed E-state index contributed by atoms with van der Waals surface area (Å²) in [4.78, 5) is 25.0. The summed E-state index contributed by atoms with van der Waals surface area (Å²) in [5, 5.41) is 4.19. The third-order valence-corrected chi connectivity index (χ3v) is 6.67. The van der Waals surface area contributed by atoms with Gasteiger partial charge in [-0.05, 0) is 55.3 Å². The Morgan fingerprint density at radius 1 is 0.889 bits per heavy atom. The summed E-state index contributed by atoms with van der Waals surface area (Å²) in [5.41, 5.74) is 12.0. The number of primary amides is 1. The molecule has 2 N–H and O–H groups in total. The van der Waals surface area contributed by atoms with E-state index in [4.69, 9.17) is 10.7 Å². The van der Waals surface area contributed by atoms with E-state index in [-0.39, 0.29) is 5.82 Å². The number of carbonyl (C=O) groups is 1. The van der Waals surface area contributed by atoms with Gasteiger partial charge in [0.05, 0.1) is 11.4 Å². The molecule has 0 bridgehead atoms. The van der Waals surface area contributed by atoms with Crippen molar-refractivity contribution in [1.29, 1.82) is 0 Å². The van der Waals surface area contributed by atoms with E-state index in [0.29, 0.717) is 5.82 Å². The van der Waals surface area contributed by atoms with Crippen LogP contribution in [0, 0.1) is 6.92 Å². The third kappa shape index (κ3) is 5.50. The number of piperazine rings is 1. The fraction of sp³-hybridized carbons (Fsp3) is 0.286. The molecule has 36 heavy (non-hydrogen) atoms. The van der Waals surface area contributed by atoms with Crippen molar-refractivity contribution < 1.29 is 4.79 Å². The monoisotopic (exact) mass is 481 g/mol. The minimum absolute atomic E-state index is 0.0246. The number of nitrogens with two attached hydrogens (primary N) is 1. The van der Waals surface area contributed by atoms with Crippen LogP contribution in [0.5, 0.6) is 0 Å². The summed E-state index contributed by atoms with van der Waals surface area (Å²) in [5.74, 6) is 0.0137. The number of pyridine rings is 1. The molecule has 0 unspecified atom stereocenters. The molecule has 8 heteroatoms. The second-order valence-electron chi connectivity index (χ2n) is 9.42. The Bertz CT molecular complexity index is 1320. The van der Waals surface area contributed by atoms with Gasteiger partial charge in [-0.2, -0.15) is 0 Å². The molecule has 1 saturated heterocycles. The molecule has 2 aromatic carbocycles. The molecule has 0 atom stereocenters. The number of hydrogen-bond acceptors (Lipinski definition) is 6. The normalized spacial score (nSPS) is 14.7. The van der Waals surface area contributed by atoms with Crippen LogP contribution in [0.3, 0.4) is 0 Å². The zero-order valence-electron chi connectivity index (χ0n) is 20.8. The Morgan fingerprint density at radius 2 is 1.53 bits per heavy atom. The van der Waals surface area contributed by atoms with Crippen LogP contribution in [-0.4, -0.2) is 68.7 Å². The van der Waals surface area contributed by atoms with Crippen molar-refractivity contribution in [2.45, 2.75) is 19.9 Å². The van der Waals surface area contributed by atoms with Gasteiger partial charge in [0.25, 0.3) is 5.91 Å². The van der Waals surface area contributed by atoms with Crippen LogP contribution in [0.4, 0.5) is 0 Å². The van der Waals surface area contributed by atoms with E-state index in [1.807, 2.05) is 18.3 Å². The first kappa shape index (κ1) is 23.8. The highest BCUT2D eigenvalue weighted by Crippen LogP contribution is 2.21. The maximum Gasteiger partial charge on any atom is 0.288 e. The maximum absolute atomic E-state index is 11.3. The number of hydrogen-bond donors (Lipinski definition) is 1. The topological polar surface area (TPSA) is 93.2 Å². The van der Waals surface area contributed by atoms with Gasteiger partial charge in [0.1, 0.15) is 5.82 Å². The minimum Gasteiger partial charge on any atom is -0.363 e. The number of amides is 1. The van der Waals surface area contributed by atoms with E-state index in [9.17, 15) is 4.79 Å². The number of carbonyl (C=O) groups excluding carboxylic acids is 1. The molecule has 0 saturated carbocycles. The molecule has 1 amide bonds. The number of nitrogens with zero attached hydrogens (tertiary/aromatic N) is 6. The number of benzene rings is 2. The zero-order valence-corrected chi connectivity index (χ0v) is 20.8. The molecule has 3 heterocycles. The lowest BCUT2D eigenvalue weighted by molar-refractivity contribution is 0.0990. The number of aryl methyl sites for hydroxylation is 1. The molecular weight excluding hydrogens is 450 g/mol. The Hall–Kier alpha value is -3.88. The average Bonchev–Trinajstić information content (AvgIpc) is 3.29. The summed E-state index contributed by atoms with van der Waals surface area (Å²) >= 11 is 0. The SMILES string of the molecule is Cc1nc(C(N)=O)nn1-c1ccc(Cc2ccc(-c3ccc(CN4CCN(C)CC4)nc3)cc2)cc1. The number of likely N-dealkylation sites (N-methyl/N-ethyl adjacent to an activating group) is 1. The Morgan fingerprint density at radius 3 is 2.11 bits per heavy atom. The molecule has 1 aliphatic rings. The van der Waals surface area contributed by atoms with Crippen molar-refractivity contribution >= 4 is 5.91 Å². The van der Waals surface area contributed by atoms with Crippen molar-refractivity contribution in [3.63, 3.8) is 0 Å². The molecule has 4 aromatic rings. The smallest absolute Gasteiger partial charge is 0.288 e. The van der Waals surface area contributed by atoms with Crippen molar-refractivity contribution in [2.24, 2.45) is 5.73 Å². The zero-order chi connectivity index (χ0) is 25.1. The second kappa shape index (κ2) is 10.4. The second-order valence-corrected chi connectivity index (χ2v) is 9.42. The third-order valence-electron chi connectivity index (χ3n) is 6.67. The maximum atomic E-state index is 11.3. The molecule has 5 rings (SSSR count). The van der Waals surface area contributed by atoms with Crippen LogP contribution in [0.2, 0.25) is 0 Å².